The second-order valence-corrected chi connectivity index (χ2v) is 5.58. The molecule has 1 aliphatic heterocycles. The van der Waals surface area contributed by atoms with Gasteiger partial charge in [-0.05, 0) is 32.5 Å². The lowest BCUT2D eigenvalue weighted by molar-refractivity contribution is 0.197. The summed E-state index contributed by atoms with van der Waals surface area (Å²) in [7, 11) is 2.20. The first-order valence-electron chi connectivity index (χ1n) is 5.39. The molecule has 2 heterocycles. The van der Waals surface area contributed by atoms with E-state index in [1.807, 2.05) is 5.38 Å². The molecule has 84 valence electrons. The number of piperidine rings is 1. The van der Waals surface area contributed by atoms with E-state index in [0.29, 0.717) is 6.04 Å². The largest absolute Gasteiger partial charge is 0.315 e. The fraction of sp³-hybridized carbons (Fsp3) is 0.636. The van der Waals surface area contributed by atoms with Crippen LogP contribution in [0.2, 0.25) is 5.02 Å². The lowest BCUT2D eigenvalue weighted by Gasteiger charge is -2.31. The van der Waals surface area contributed by atoms with Crippen molar-refractivity contribution in [1.82, 2.24) is 10.2 Å². The molecule has 0 amide bonds. The fourth-order valence-electron chi connectivity index (χ4n) is 2.02. The molecule has 1 aromatic heterocycles. The van der Waals surface area contributed by atoms with E-state index in [4.69, 9.17) is 11.6 Å². The third-order valence-corrected chi connectivity index (χ3v) is 4.19. The Morgan fingerprint density at radius 3 is 3.13 bits per heavy atom. The summed E-state index contributed by atoms with van der Waals surface area (Å²) in [6.45, 7) is 3.31. The molecule has 0 aromatic carbocycles. The van der Waals surface area contributed by atoms with Gasteiger partial charge in [-0.2, -0.15) is 0 Å². The molecule has 0 aliphatic carbocycles. The fourth-order valence-corrected chi connectivity index (χ4v) is 3.16. The van der Waals surface area contributed by atoms with Crippen molar-refractivity contribution >= 4 is 22.9 Å². The van der Waals surface area contributed by atoms with Gasteiger partial charge in [-0.15, -0.1) is 11.3 Å². The van der Waals surface area contributed by atoms with E-state index in [1.54, 1.807) is 11.3 Å². The topological polar surface area (TPSA) is 15.3 Å². The predicted octanol–water partition coefficient (Wildman–Crippen LogP) is 2.59. The summed E-state index contributed by atoms with van der Waals surface area (Å²) in [5, 5.41) is 6.31. The number of thiophene rings is 1. The van der Waals surface area contributed by atoms with Gasteiger partial charge in [0.2, 0.25) is 0 Å². The van der Waals surface area contributed by atoms with Crippen molar-refractivity contribution < 1.29 is 0 Å². The first kappa shape index (κ1) is 11.4. The lowest BCUT2D eigenvalue weighted by Crippen LogP contribution is -2.43. The van der Waals surface area contributed by atoms with Gasteiger partial charge in [-0.25, -0.2) is 0 Å². The predicted molar refractivity (Wildman–Crippen MR) is 66.7 cm³/mol. The monoisotopic (exact) mass is 244 g/mol. The van der Waals surface area contributed by atoms with Gasteiger partial charge in [-0.1, -0.05) is 11.6 Å². The summed E-state index contributed by atoms with van der Waals surface area (Å²) in [4.78, 5) is 3.78. The van der Waals surface area contributed by atoms with Crippen molar-refractivity contribution in [2.24, 2.45) is 0 Å². The molecule has 0 radical (unpaired) electrons. The highest BCUT2D eigenvalue weighted by atomic mass is 35.5. The molecule has 1 fully saturated rings. The Morgan fingerprint density at radius 2 is 2.53 bits per heavy atom. The van der Waals surface area contributed by atoms with Gasteiger partial charge in [0, 0.05) is 29.4 Å². The minimum absolute atomic E-state index is 0.680. The number of hydrogen-bond acceptors (Lipinski definition) is 3. The normalized spacial score (nSPS) is 22.2. The quantitative estimate of drug-likeness (QED) is 0.879. The summed E-state index contributed by atoms with van der Waals surface area (Å²) in [6.07, 6.45) is 2.60. The molecule has 0 spiro atoms. The van der Waals surface area contributed by atoms with E-state index in [0.717, 1.165) is 18.1 Å². The lowest BCUT2D eigenvalue weighted by atomic mass is 10.1. The van der Waals surface area contributed by atoms with Crippen molar-refractivity contribution in [3.05, 3.63) is 21.3 Å². The van der Waals surface area contributed by atoms with Gasteiger partial charge < -0.3 is 5.32 Å². The zero-order valence-electron chi connectivity index (χ0n) is 9.00. The second kappa shape index (κ2) is 5.30. The van der Waals surface area contributed by atoms with Crippen molar-refractivity contribution in [2.75, 3.05) is 20.1 Å². The first-order valence-corrected chi connectivity index (χ1v) is 6.65. The Bertz CT molecular complexity index is 307. The van der Waals surface area contributed by atoms with E-state index in [1.165, 1.54) is 24.3 Å². The van der Waals surface area contributed by atoms with Crippen molar-refractivity contribution in [3.8, 4) is 0 Å². The maximum atomic E-state index is 5.91. The van der Waals surface area contributed by atoms with Crippen LogP contribution < -0.4 is 5.32 Å². The smallest absolute Gasteiger partial charge is 0.0516 e. The Morgan fingerprint density at radius 1 is 1.67 bits per heavy atom. The van der Waals surface area contributed by atoms with Crippen LogP contribution in [0.4, 0.5) is 0 Å². The van der Waals surface area contributed by atoms with E-state index in [2.05, 4.69) is 23.3 Å². The zero-order chi connectivity index (χ0) is 10.7. The van der Waals surface area contributed by atoms with Gasteiger partial charge in [-0.3, -0.25) is 4.90 Å². The summed E-state index contributed by atoms with van der Waals surface area (Å²) in [5.41, 5.74) is 0. The third-order valence-electron chi connectivity index (χ3n) is 2.92. The molecule has 1 unspecified atom stereocenters. The number of nitrogens with one attached hydrogen (secondary N) is 1. The first-order chi connectivity index (χ1) is 7.25. The van der Waals surface area contributed by atoms with Crippen LogP contribution in [0.3, 0.4) is 0 Å². The molecule has 2 rings (SSSR count). The molecule has 2 nitrogen and oxygen atoms in total. The van der Waals surface area contributed by atoms with Gasteiger partial charge in [0.25, 0.3) is 0 Å². The Hall–Kier alpha value is -0.0900. The SMILES string of the molecule is CN(Cc1cc(Cl)cs1)C1CCCNC1. The van der Waals surface area contributed by atoms with Crippen molar-refractivity contribution in [1.29, 1.82) is 0 Å². The average Bonchev–Trinajstić information content (AvgIpc) is 2.65. The molecule has 0 bridgehead atoms. The van der Waals surface area contributed by atoms with E-state index < -0.39 is 0 Å². The summed E-state index contributed by atoms with van der Waals surface area (Å²) < 4.78 is 0. The molecule has 15 heavy (non-hydrogen) atoms. The minimum atomic E-state index is 0.680. The van der Waals surface area contributed by atoms with E-state index >= 15 is 0 Å². The molecular formula is C11H17ClN2S. The van der Waals surface area contributed by atoms with Gasteiger partial charge in [0.05, 0.1) is 5.02 Å². The van der Waals surface area contributed by atoms with Crippen LogP contribution in [-0.2, 0) is 6.54 Å². The third kappa shape index (κ3) is 3.18. The van der Waals surface area contributed by atoms with Crippen LogP contribution in [0.1, 0.15) is 17.7 Å². The second-order valence-electron chi connectivity index (χ2n) is 4.15. The van der Waals surface area contributed by atoms with Crippen molar-refractivity contribution in [2.45, 2.75) is 25.4 Å². The molecule has 1 N–H and O–H groups in total. The number of rotatable bonds is 3. The van der Waals surface area contributed by atoms with Crippen LogP contribution in [0.5, 0.6) is 0 Å². The van der Waals surface area contributed by atoms with E-state index in [9.17, 15) is 0 Å². The molecule has 4 heteroatoms. The summed E-state index contributed by atoms with van der Waals surface area (Å²) in [5.74, 6) is 0. The highest BCUT2D eigenvalue weighted by Gasteiger charge is 2.17. The molecule has 1 aliphatic rings. The van der Waals surface area contributed by atoms with Crippen LogP contribution in [0.25, 0.3) is 0 Å². The summed E-state index contributed by atoms with van der Waals surface area (Å²) >= 11 is 7.66. The minimum Gasteiger partial charge on any atom is -0.315 e. The van der Waals surface area contributed by atoms with Gasteiger partial charge >= 0.3 is 0 Å². The molecule has 1 saturated heterocycles. The molecule has 1 aromatic rings. The Kier molecular flexibility index (Phi) is 4.03. The molecule has 1 atom stereocenters. The number of nitrogens with zero attached hydrogens (tertiary/aromatic N) is 1. The highest BCUT2D eigenvalue weighted by Crippen LogP contribution is 2.21. The maximum absolute atomic E-state index is 5.91. The molecular weight excluding hydrogens is 228 g/mol. The van der Waals surface area contributed by atoms with Crippen molar-refractivity contribution in [3.63, 3.8) is 0 Å². The highest BCUT2D eigenvalue weighted by molar-refractivity contribution is 7.10. The number of hydrogen-bond donors (Lipinski definition) is 1. The molecule has 0 saturated carbocycles. The maximum Gasteiger partial charge on any atom is 0.0516 e. The van der Waals surface area contributed by atoms with Gasteiger partial charge in [0.1, 0.15) is 0 Å². The Balaban J connectivity index is 1.88. The van der Waals surface area contributed by atoms with Crippen LogP contribution in [0, 0.1) is 0 Å². The zero-order valence-corrected chi connectivity index (χ0v) is 10.6. The van der Waals surface area contributed by atoms with Gasteiger partial charge in [0.15, 0.2) is 0 Å². The number of likely N-dealkylation sites (N-methyl/N-ethyl adjacent to an activating group) is 1. The summed E-state index contributed by atoms with van der Waals surface area (Å²) in [6, 6.07) is 2.75. The average molecular weight is 245 g/mol. The standard InChI is InChI=1S/C11H17ClN2S/c1-14(10-3-2-4-13-6-10)7-11-5-9(12)8-15-11/h5,8,10,13H,2-4,6-7H2,1H3. The van der Waals surface area contributed by atoms with E-state index in [-0.39, 0.29) is 0 Å². The Labute approximate surface area is 100 Å². The van der Waals surface area contributed by atoms with Crippen LogP contribution in [0.15, 0.2) is 11.4 Å². The van der Waals surface area contributed by atoms with Crippen LogP contribution >= 0.6 is 22.9 Å². The van der Waals surface area contributed by atoms with Crippen LogP contribution in [-0.4, -0.2) is 31.1 Å². The number of halogens is 1.